The highest BCUT2D eigenvalue weighted by Crippen LogP contribution is 1.84. The summed E-state index contributed by atoms with van der Waals surface area (Å²) in [6.45, 7) is 7.19. The van der Waals surface area contributed by atoms with Gasteiger partial charge in [-0.3, -0.25) is 4.79 Å². The minimum absolute atomic E-state index is 0. The Labute approximate surface area is 67.0 Å². The van der Waals surface area contributed by atoms with E-state index in [0.29, 0.717) is 0 Å². The van der Waals surface area contributed by atoms with E-state index in [9.17, 15) is 4.79 Å². The first-order valence-electron chi connectivity index (χ1n) is 2.97. The summed E-state index contributed by atoms with van der Waals surface area (Å²) in [5.74, 6) is 0.162. The average Bonchev–Trinajstić information content (AvgIpc) is 1.69. The van der Waals surface area contributed by atoms with Crippen LogP contribution in [-0.2, 0) is 4.79 Å². The van der Waals surface area contributed by atoms with Gasteiger partial charge in [0.1, 0.15) is 0 Å². The van der Waals surface area contributed by atoms with E-state index in [0.717, 1.165) is 13.1 Å². The molecule has 0 saturated heterocycles. The smallest absolute Gasteiger partial charge is 0.219 e. The second kappa shape index (κ2) is 6.08. The van der Waals surface area contributed by atoms with Crippen LogP contribution in [0.5, 0.6) is 0 Å². The van der Waals surface area contributed by atoms with Gasteiger partial charge in [0.25, 0.3) is 0 Å². The van der Waals surface area contributed by atoms with E-state index >= 15 is 0 Å². The van der Waals surface area contributed by atoms with Crippen LogP contribution in [-0.4, -0.2) is 23.9 Å². The number of hydrogen-bond acceptors (Lipinski definition) is 1. The maximum Gasteiger partial charge on any atom is 0.219 e. The molecule has 1 amide bonds. The van der Waals surface area contributed by atoms with Crippen molar-refractivity contribution in [3.8, 4) is 0 Å². The molecule has 0 aliphatic carbocycles. The zero-order valence-electron chi connectivity index (χ0n) is 6.18. The van der Waals surface area contributed by atoms with Crippen molar-refractivity contribution in [1.29, 1.82) is 0 Å². The van der Waals surface area contributed by atoms with Gasteiger partial charge in [-0.2, -0.15) is 0 Å². The Balaban J connectivity index is 0. The summed E-state index contributed by atoms with van der Waals surface area (Å²) in [7, 11) is 0. The van der Waals surface area contributed by atoms with Crippen LogP contribution in [0.15, 0.2) is 0 Å². The third-order valence-electron chi connectivity index (χ3n) is 1.21. The summed E-state index contributed by atoms with van der Waals surface area (Å²) >= 11 is 0. The lowest BCUT2D eigenvalue weighted by Crippen LogP contribution is -2.27. The minimum Gasteiger partial charge on any atom is -0.343 e. The Kier molecular flexibility index (Phi) is 7.91. The first-order chi connectivity index (χ1) is 3.72. The van der Waals surface area contributed by atoms with Gasteiger partial charge in [-0.15, -0.1) is 17.0 Å². The molecular weight excluding hydrogens is 182 g/mol. The van der Waals surface area contributed by atoms with Crippen LogP contribution in [0.25, 0.3) is 0 Å². The number of carbonyl (C=O) groups is 1. The highest BCUT2D eigenvalue weighted by molar-refractivity contribution is 8.93. The molecule has 0 fully saturated rings. The Morgan fingerprint density at radius 1 is 1.33 bits per heavy atom. The first kappa shape index (κ1) is 11.7. The van der Waals surface area contributed by atoms with Gasteiger partial charge in [0.15, 0.2) is 0 Å². The summed E-state index contributed by atoms with van der Waals surface area (Å²) in [5.41, 5.74) is 0. The molecule has 9 heavy (non-hydrogen) atoms. The van der Waals surface area contributed by atoms with Crippen molar-refractivity contribution < 1.29 is 4.79 Å². The fourth-order valence-electron chi connectivity index (χ4n) is 0.669. The van der Waals surface area contributed by atoms with Crippen LogP contribution >= 0.6 is 17.0 Å². The molecule has 0 bridgehead atoms. The van der Waals surface area contributed by atoms with Gasteiger partial charge in [-0.05, 0) is 13.8 Å². The predicted molar refractivity (Wildman–Crippen MR) is 43.9 cm³/mol. The molecule has 0 aromatic heterocycles. The molecule has 0 aromatic carbocycles. The van der Waals surface area contributed by atoms with Crippen LogP contribution in [0.3, 0.4) is 0 Å². The van der Waals surface area contributed by atoms with Crippen molar-refractivity contribution in [2.45, 2.75) is 20.8 Å². The molecular formula is C6H14BrNO. The monoisotopic (exact) mass is 195 g/mol. The van der Waals surface area contributed by atoms with E-state index in [4.69, 9.17) is 0 Å². The van der Waals surface area contributed by atoms with Crippen molar-refractivity contribution in [3.05, 3.63) is 0 Å². The highest BCUT2D eigenvalue weighted by Gasteiger charge is 1.99. The lowest BCUT2D eigenvalue weighted by atomic mass is 10.5. The summed E-state index contributed by atoms with van der Waals surface area (Å²) < 4.78 is 0. The predicted octanol–water partition coefficient (Wildman–Crippen LogP) is 1.45. The first-order valence-corrected chi connectivity index (χ1v) is 2.97. The molecule has 0 aromatic rings. The summed E-state index contributed by atoms with van der Waals surface area (Å²) in [6.07, 6.45) is 0. The standard InChI is InChI=1S/C6H13NO.BrH/c1-4-7(5-2)6(3)8;/h4-5H2,1-3H3;1H. The van der Waals surface area contributed by atoms with E-state index in [1.54, 1.807) is 11.8 Å². The fourth-order valence-corrected chi connectivity index (χ4v) is 0.669. The van der Waals surface area contributed by atoms with Crippen molar-refractivity contribution in [3.63, 3.8) is 0 Å². The SMILES string of the molecule is Br.CCN(CC)C(C)=O. The van der Waals surface area contributed by atoms with Crippen molar-refractivity contribution in [1.82, 2.24) is 4.90 Å². The van der Waals surface area contributed by atoms with Crippen molar-refractivity contribution in [2.24, 2.45) is 0 Å². The van der Waals surface area contributed by atoms with E-state index in [1.807, 2.05) is 13.8 Å². The third-order valence-corrected chi connectivity index (χ3v) is 1.21. The molecule has 2 nitrogen and oxygen atoms in total. The maximum absolute atomic E-state index is 10.5. The molecule has 0 rings (SSSR count). The lowest BCUT2D eigenvalue weighted by Gasteiger charge is -2.14. The van der Waals surface area contributed by atoms with Crippen molar-refractivity contribution in [2.75, 3.05) is 13.1 Å². The Hall–Kier alpha value is -0.0500. The van der Waals surface area contributed by atoms with E-state index in [2.05, 4.69) is 0 Å². The highest BCUT2D eigenvalue weighted by atomic mass is 79.9. The molecule has 56 valence electrons. The Morgan fingerprint density at radius 3 is 1.67 bits per heavy atom. The van der Waals surface area contributed by atoms with Gasteiger partial charge in [-0.25, -0.2) is 0 Å². The molecule has 0 aliphatic heterocycles. The second-order valence-corrected chi connectivity index (χ2v) is 1.69. The number of rotatable bonds is 2. The van der Waals surface area contributed by atoms with Crippen molar-refractivity contribution >= 4 is 22.9 Å². The fraction of sp³-hybridized carbons (Fsp3) is 0.833. The number of carbonyl (C=O) groups excluding carboxylic acids is 1. The van der Waals surface area contributed by atoms with Crippen LogP contribution in [0.2, 0.25) is 0 Å². The molecule has 3 heteroatoms. The average molecular weight is 196 g/mol. The summed E-state index contributed by atoms with van der Waals surface area (Å²) in [4.78, 5) is 12.3. The molecule has 0 saturated carbocycles. The number of nitrogens with zero attached hydrogens (tertiary/aromatic N) is 1. The van der Waals surface area contributed by atoms with Gasteiger partial charge in [0, 0.05) is 20.0 Å². The van der Waals surface area contributed by atoms with Gasteiger partial charge in [0.05, 0.1) is 0 Å². The molecule has 0 aliphatic rings. The zero-order valence-corrected chi connectivity index (χ0v) is 7.89. The number of halogens is 1. The van der Waals surface area contributed by atoms with Crippen LogP contribution in [0, 0.1) is 0 Å². The van der Waals surface area contributed by atoms with Gasteiger partial charge in [0.2, 0.25) is 5.91 Å². The van der Waals surface area contributed by atoms with E-state index in [-0.39, 0.29) is 22.9 Å². The second-order valence-electron chi connectivity index (χ2n) is 1.69. The topological polar surface area (TPSA) is 20.3 Å². The quantitative estimate of drug-likeness (QED) is 0.654. The van der Waals surface area contributed by atoms with Crippen LogP contribution in [0.1, 0.15) is 20.8 Å². The summed E-state index contributed by atoms with van der Waals surface area (Å²) in [6, 6.07) is 0. The molecule has 0 spiro atoms. The number of amides is 1. The molecule has 0 N–H and O–H groups in total. The third kappa shape index (κ3) is 4.45. The number of hydrogen-bond donors (Lipinski definition) is 0. The molecule has 0 unspecified atom stereocenters. The van der Waals surface area contributed by atoms with Gasteiger partial charge in [-0.1, -0.05) is 0 Å². The molecule has 0 radical (unpaired) electrons. The molecule has 0 atom stereocenters. The van der Waals surface area contributed by atoms with Crippen LogP contribution < -0.4 is 0 Å². The van der Waals surface area contributed by atoms with Gasteiger partial charge >= 0.3 is 0 Å². The normalized spacial score (nSPS) is 7.89. The maximum atomic E-state index is 10.5. The molecule has 0 heterocycles. The van der Waals surface area contributed by atoms with Gasteiger partial charge < -0.3 is 4.90 Å². The zero-order chi connectivity index (χ0) is 6.57. The summed E-state index contributed by atoms with van der Waals surface area (Å²) in [5, 5.41) is 0. The largest absolute Gasteiger partial charge is 0.343 e. The van der Waals surface area contributed by atoms with E-state index < -0.39 is 0 Å². The Bertz CT molecular complexity index is 81.1. The van der Waals surface area contributed by atoms with Crippen LogP contribution in [0.4, 0.5) is 0 Å². The Morgan fingerprint density at radius 2 is 1.67 bits per heavy atom. The van der Waals surface area contributed by atoms with E-state index in [1.165, 1.54) is 0 Å². The minimum atomic E-state index is 0. The lowest BCUT2D eigenvalue weighted by molar-refractivity contribution is -0.128.